The van der Waals surface area contributed by atoms with E-state index in [4.69, 9.17) is 4.74 Å². The van der Waals surface area contributed by atoms with Crippen molar-refractivity contribution in [2.45, 2.75) is 132 Å². The third-order valence-corrected chi connectivity index (χ3v) is 17.1. The molecule has 1 aromatic rings. The summed E-state index contributed by atoms with van der Waals surface area (Å²) >= 11 is 0. The molecule has 1 heterocycles. The highest BCUT2D eigenvalue weighted by Gasteiger charge is 2.82. The van der Waals surface area contributed by atoms with E-state index in [9.17, 15) is 45.6 Å². The van der Waals surface area contributed by atoms with Gasteiger partial charge in [-0.25, -0.2) is 0 Å². The van der Waals surface area contributed by atoms with Gasteiger partial charge in [-0.2, -0.15) is 0 Å². The van der Waals surface area contributed by atoms with Gasteiger partial charge in [0.15, 0.2) is 5.78 Å². The Morgan fingerprint density at radius 3 is 2.39 bits per heavy atom. The first-order valence-corrected chi connectivity index (χ1v) is 19.2. The van der Waals surface area contributed by atoms with Crippen LogP contribution in [0, 0.1) is 45.8 Å². The molecule has 0 unspecified atom stereocenters. The molecule has 10 nitrogen and oxygen atoms in total. The van der Waals surface area contributed by atoms with Crippen LogP contribution in [0.5, 0.6) is 11.5 Å². The lowest BCUT2D eigenvalue weighted by atomic mass is 9.41. The van der Waals surface area contributed by atoms with Gasteiger partial charge in [0.1, 0.15) is 22.7 Å². The molecule has 4 saturated carbocycles. The van der Waals surface area contributed by atoms with Crippen molar-refractivity contribution in [2.24, 2.45) is 45.8 Å². The standard InChI is InChI=1S/C41H54O10/c1-20-34(47)41(21-5-9-35(20,2)10-6-21)39(49,13-14-42)33-29(51-41)18-40(50)26-17-28(45)32-31-24-15-22(43)16-27(44)23(24)7-12-38(31,48)30(46)19-36(32,3)25(26)8-11-37(33,40)4/h5,9,15-17,20-21,25,29-34,42-44,46-50H,6-8,10-14,18-19H2,1-4H3/t20-,21-,25+,29+,30+,31-,32-,33+,34+,35+,36-,37-,38+,39-,40-,41+/m1/s1. The molecule has 5 fully saturated rings. The molecule has 16 atom stereocenters. The van der Waals surface area contributed by atoms with E-state index in [1.165, 1.54) is 12.1 Å². The zero-order chi connectivity index (χ0) is 36.5. The van der Waals surface area contributed by atoms with Gasteiger partial charge in [-0.1, -0.05) is 39.8 Å². The molecule has 51 heavy (non-hydrogen) atoms. The van der Waals surface area contributed by atoms with Crippen LogP contribution in [0.25, 0.3) is 0 Å². The Labute approximate surface area is 298 Å². The van der Waals surface area contributed by atoms with Crippen LogP contribution in [-0.2, 0) is 16.0 Å². The number of carbonyl (C=O) groups excluding carboxylic acids is 1. The van der Waals surface area contributed by atoms with Crippen molar-refractivity contribution in [3.05, 3.63) is 47.1 Å². The van der Waals surface area contributed by atoms with Gasteiger partial charge in [-0.05, 0) is 96.5 Å². The number of hydrogen-bond acceptors (Lipinski definition) is 10. The number of ketones is 1. The second-order valence-electron chi connectivity index (χ2n) is 18.8. The molecule has 10 rings (SSSR count). The fourth-order valence-electron chi connectivity index (χ4n) is 14.4. The Bertz CT molecular complexity index is 1770. The largest absolute Gasteiger partial charge is 0.508 e. The minimum Gasteiger partial charge on any atom is -0.508 e. The Hall–Kier alpha value is -2.31. The van der Waals surface area contributed by atoms with Crippen molar-refractivity contribution in [1.82, 2.24) is 0 Å². The summed E-state index contributed by atoms with van der Waals surface area (Å²) < 4.78 is 7.09. The van der Waals surface area contributed by atoms with E-state index in [2.05, 4.69) is 19.1 Å². The summed E-state index contributed by atoms with van der Waals surface area (Å²) in [6.07, 6.45) is 6.13. The molecule has 9 aliphatic rings. The number of aromatic hydroxyl groups is 2. The third kappa shape index (κ3) is 3.76. The molecular formula is C41H54O10. The number of carbonyl (C=O) groups is 1. The van der Waals surface area contributed by atoms with Crippen molar-refractivity contribution in [3.63, 3.8) is 0 Å². The average molecular weight is 707 g/mol. The summed E-state index contributed by atoms with van der Waals surface area (Å²) in [6.45, 7) is 7.75. The van der Waals surface area contributed by atoms with E-state index in [1.54, 1.807) is 6.08 Å². The molecule has 1 aliphatic heterocycles. The zero-order valence-corrected chi connectivity index (χ0v) is 30.0. The van der Waals surface area contributed by atoms with E-state index in [-0.39, 0.29) is 79.2 Å². The highest BCUT2D eigenvalue weighted by molar-refractivity contribution is 5.96. The zero-order valence-electron chi connectivity index (χ0n) is 30.0. The highest BCUT2D eigenvalue weighted by Crippen LogP contribution is 2.75. The first-order valence-electron chi connectivity index (χ1n) is 19.2. The second kappa shape index (κ2) is 10.3. The predicted molar refractivity (Wildman–Crippen MR) is 184 cm³/mol. The maximum absolute atomic E-state index is 14.7. The van der Waals surface area contributed by atoms with Crippen LogP contribution in [0.3, 0.4) is 0 Å². The summed E-state index contributed by atoms with van der Waals surface area (Å²) in [5.74, 6) is -3.75. The second-order valence-corrected chi connectivity index (χ2v) is 18.8. The van der Waals surface area contributed by atoms with Crippen molar-refractivity contribution >= 4 is 5.78 Å². The van der Waals surface area contributed by atoms with Gasteiger partial charge >= 0.3 is 0 Å². The molecule has 0 radical (unpaired) electrons. The van der Waals surface area contributed by atoms with Crippen molar-refractivity contribution < 1.29 is 50.4 Å². The lowest BCUT2D eigenvalue weighted by Gasteiger charge is -2.64. The van der Waals surface area contributed by atoms with Crippen molar-refractivity contribution in [2.75, 3.05) is 6.61 Å². The number of fused-ring (bicyclic) bond motifs is 13. The number of benzene rings is 1. The van der Waals surface area contributed by atoms with E-state index in [1.807, 2.05) is 20.8 Å². The van der Waals surface area contributed by atoms with Gasteiger partial charge in [0.2, 0.25) is 0 Å². The fraction of sp³-hybridized carbons (Fsp3) is 0.732. The molecule has 1 aromatic carbocycles. The van der Waals surface area contributed by atoms with Gasteiger partial charge in [0.25, 0.3) is 0 Å². The average Bonchev–Trinajstić information content (AvgIpc) is 3.40. The molecular weight excluding hydrogens is 652 g/mol. The summed E-state index contributed by atoms with van der Waals surface area (Å²) in [5, 5.41) is 94.4. The molecule has 1 spiro atoms. The van der Waals surface area contributed by atoms with Gasteiger partial charge < -0.3 is 45.6 Å². The summed E-state index contributed by atoms with van der Waals surface area (Å²) in [5.41, 5.74) is -6.83. The molecule has 8 N–H and O–H groups in total. The Kier molecular flexibility index (Phi) is 6.93. The predicted octanol–water partition coefficient (Wildman–Crippen LogP) is 3.16. The molecule has 0 amide bonds. The van der Waals surface area contributed by atoms with Crippen LogP contribution in [0.15, 0.2) is 35.9 Å². The Morgan fingerprint density at radius 2 is 1.71 bits per heavy atom. The van der Waals surface area contributed by atoms with E-state index in [0.29, 0.717) is 29.5 Å². The number of allylic oxidation sites excluding steroid dienone is 2. The third-order valence-electron chi connectivity index (χ3n) is 17.1. The molecule has 10 heteroatoms. The molecule has 278 valence electrons. The quantitative estimate of drug-likeness (QED) is 0.212. The number of rotatable bonds is 2. The van der Waals surface area contributed by atoms with Crippen molar-refractivity contribution in [1.29, 1.82) is 0 Å². The molecule has 0 aromatic heterocycles. The van der Waals surface area contributed by atoms with E-state index < -0.39 is 69.3 Å². The number of phenolic OH excluding ortho intramolecular Hbond substituents is 2. The lowest BCUT2D eigenvalue weighted by Crippen LogP contribution is -2.70. The maximum atomic E-state index is 14.7. The number of aliphatic hydroxyl groups is 6. The van der Waals surface area contributed by atoms with Crippen LogP contribution in [-0.4, -0.2) is 94.0 Å². The van der Waals surface area contributed by atoms with Gasteiger partial charge in [0, 0.05) is 54.6 Å². The highest BCUT2D eigenvalue weighted by atomic mass is 16.6. The summed E-state index contributed by atoms with van der Waals surface area (Å²) in [6, 6.07) is 2.76. The first-order chi connectivity index (χ1) is 23.9. The maximum Gasteiger partial charge on any atom is 0.160 e. The van der Waals surface area contributed by atoms with Gasteiger partial charge in [-0.15, -0.1) is 0 Å². The van der Waals surface area contributed by atoms with Crippen LogP contribution in [0.1, 0.15) is 96.1 Å². The van der Waals surface area contributed by atoms with E-state index >= 15 is 0 Å². The molecule has 2 bridgehead atoms. The number of ether oxygens (including phenoxy) is 1. The summed E-state index contributed by atoms with van der Waals surface area (Å²) in [7, 11) is 0. The Balaban J connectivity index is 1.16. The smallest absolute Gasteiger partial charge is 0.160 e. The minimum atomic E-state index is -1.68. The number of phenols is 2. The molecule has 8 aliphatic carbocycles. The van der Waals surface area contributed by atoms with E-state index in [0.717, 1.165) is 12.8 Å². The van der Waals surface area contributed by atoms with Gasteiger partial charge in [-0.3, -0.25) is 4.79 Å². The van der Waals surface area contributed by atoms with Crippen LogP contribution >= 0.6 is 0 Å². The minimum absolute atomic E-state index is 0.0303. The number of hydrogen-bond donors (Lipinski definition) is 8. The molecule has 1 saturated heterocycles. The van der Waals surface area contributed by atoms with Crippen LogP contribution < -0.4 is 0 Å². The SMILES string of the molecule is C[C@@H]1[C@H](O)[C@@]2(O[C@H]3C[C@@]4(O)C5=CC(=O)[C@@H]6[C@H]7c8cc(O)cc(O)c8CC[C@]7(O)[C@@H](O)C[C@]6(C)[C@H]5CC[C@]4(C)[C@H]3[C@]2(O)CCO)[C@@H]2C=C[C@@]1(C)CC2. The summed E-state index contributed by atoms with van der Waals surface area (Å²) in [4.78, 5) is 14.7. The monoisotopic (exact) mass is 706 g/mol. The lowest BCUT2D eigenvalue weighted by molar-refractivity contribution is -0.245. The number of aliphatic hydroxyl groups excluding tert-OH is 3. The van der Waals surface area contributed by atoms with Crippen LogP contribution in [0.4, 0.5) is 0 Å². The first kappa shape index (κ1) is 34.5. The Morgan fingerprint density at radius 1 is 0.961 bits per heavy atom. The van der Waals surface area contributed by atoms with Crippen LogP contribution in [0.2, 0.25) is 0 Å². The fourth-order valence-corrected chi connectivity index (χ4v) is 14.4. The topological polar surface area (TPSA) is 188 Å². The normalized spacial score (nSPS) is 54.9. The van der Waals surface area contributed by atoms with Crippen molar-refractivity contribution in [3.8, 4) is 11.5 Å². The van der Waals surface area contributed by atoms with Gasteiger partial charge in [0.05, 0.1) is 29.5 Å².